The number of hydrogen-bond acceptors (Lipinski definition) is 4. The molecule has 0 radical (unpaired) electrons. The molecule has 0 aliphatic carbocycles. The van der Waals surface area contributed by atoms with Crippen molar-refractivity contribution in [3.63, 3.8) is 0 Å². The fraction of sp³-hybridized carbons (Fsp3) is 0.556. The molecule has 0 saturated carbocycles. The van der Waals surface area contributed by atoms with E-state index in [2.05, 4.69) is 45.7 Å². The van der Waals surface area contributed by atoms with Gasteiger partial charge in [-0.2, -0.15) is 0 Å². The Hall–Kier alpha value is -1.04. The molecule has 1 fully saturated rings. The van der Waals surface area contributed by atoms with Crippen LogP contribution in [0.1, 0.15) is 25.3 Å². The van der Waals surface area contributed by atoms with Gasteiger partial charge in [0.2, 0.25) is 0 Å². The third-order valence-electron chi connectivity index (χ3n) is 4.25. The van der Waals surface area contributed by atoms with Gasteiger partial charge in [0.1, 0.15) is 6.61 Å². The molecule has 1 saturated heterocycles. The fourth-order valence-corrected chi connectivity index (χ4v) is 3.69. The summed E-state index contributed by atoms with van der Waals surface area (Å²) in [5, 5.41) is 3.57. The molecular weight excluding hydrogens is 356 g/mol. The van der Waals surface area contributed by atoms with Gasteiger partial charge in [0.25, 0.3) is 0 Å². The lowest BCUT2D eigenvalue weighted by Crippen LogP contribution is -2.37. The summed E-state index contributed by atoms with van der Waals surface area (Å²) in [6.07, 6.45) is 4.33. The van der Waals surface area contributed by atoms with Gasteiger partial charge in [-0.15, -0.1) is 0 Å². The van der Waals surface area contributed by atoms with E-state index in [0.717, 1.165) is 35.6 Å². The second kappa shape index (κ2) is 9.30. The van der Waals surface area contributed by atoms with Crippen molar-refractivity contribution < 1.29 is 9.47 Å². The fourth-order valence-electron chi connectivity index (χ4n) is 3.08. The van der Waals surface area contributed by atoms with Crippen molar-refractivity contribution in [2.24, 2.45) is 0 Å². The molecule has 2 rings (SSSR count). The zero-order valence-corrected chi connectivity index (χ0v) is 15.7. The molecular formula is C18H27BrN2O2. The molecule has 128 valence electrons. The van der Waals surface area contributed by atoms with Crippen LogP contribution in [0.15, 0.2) is 29.3 Å². The van der Waals surface area contributed by atoms with Crippen LogP contribution in [-0.4, -0.2) is 44.3 Å². The lowest BCUT2D eigenvalue weighted by atomic mass is 10.1. The van der Waals surface area contributed by atoms with Gasteiger partial charge in [0.15, 0.2) is 11.5 Å². The van der Waals surface area contributed by atoms with Crippen molar-refractivity contribution in [2.45, 2.75) is 32.4 Å². The molecule has 1 aromatic carbocycles. The highest BCUT2D eigenvalue weighted by Gasteiger charge is 2.22. The summed E-state index contributed by atoms with van der Waals surface area (Å²) in [5.74, 6) is 1.47. The van der Waals surface area contributed by atoms with E-state index in [9.17, 15) is 0 Å². The summed E-state index contributed by atoms with van der Waals surface area (Å²) in [7, 11) is 1.66. The molecule has 1 atom stereocenters. The Morgan fingerprint density at radius 2 is 2.30 bits per heavy atom. The molecule has 0 aromatic heterocycles. The van der Waals surface area contributed by atoms with Crippen LogP contribution in [0.4, 0.5) is 0 Å². The molecule has 1 aliphatic heterocycles. The summed E-state index contributed by atoms with van der Waals surface area (Å²) in [4.78, 5) is 2.55. The number of halogens is 1. The topological polar surface area (TPSA) is 33.7 Å². The van der Waals surface area contributed by atoms with Gasteiger partial charge in [-0.25, -0.2) is 0 Å². The van der Waals surface area contributed by atoms with Gasteiger partial charge in [-0.3, -0.25) is 4.90 Å². The maximum absolute atomic E-state index is 5.66. The molecule has 0 amide bonds. The number of nitrogens with zero attached hydrogens (tertiary/aromatic N) is 1. The minimum atomic E-state index is 0.459. The van der Waals surface area contributed by atoms with Crippen LogP contribution < -0.4 is 14.8 Å². The zero-order chi connectivity index (χ0) is 16.7. The lowest BCUT2D eigenvalue weighted by Gasteiger charge is -2.23. The number of likely N-dealkylation sites (tertiary alicyclic amines) is 1. The first-order valence-corrected chi connectivity index (χ1v) is 9.03. The van der Waals surface area contributed by atoms with Crippen LogP contribution >= 0.6 is 15.9 Å². The van der Waals surface area contributed by atoms with Crippen molar-refractivity contribution >= 4 is 15.9 Å². The molecule has 0 spiro atoms. The van der Waals surface area contributed by atoms with Crippen molar-refractivity contribution in [3.8, 4) is 11.5 Å². The van der Waals surface area contributed by atoms with Crippen LogP contribution in [0.25, 0.3) is 0 Å². The van der Waals surface area contributed by atoms with Gasteiger partial charge >= 0.3 is 0 Å². The summed E-state index contributed by atoms with van der Waals surface area (Å²) < 4.78 is 12.0. The highest BCUT2D eigenvalue weighted by Crippen LogP contribution is 2.36. The van der Waals surface area contributed by atoms with E-state index in [4.69, 9.17) is 9.47 Å². The quantitative estimate of drug-likeness (QED) is 0.661. The predicted octanol–water partition coefficient (Wildman–Crippen LogP) is 3.60. The molecule has 5 heteroatoms. The van der Waals surface area contributed by atoms with Crippen molar-refractivity contribution in [2.75, 3.05) is 33.4 Å². The third kappa shape index (κ3) is 4.96. The Morgan fingerprint density at radius 3 is 3.00 bits per heavy atom. The second-order valence-corrected chi connectivity index (χ2v) is 6.62. The van der Waals surface area contributed by atoms with E-state index in [1.165, 1.54) is 24.9 Å². The van der Waals surface area contributed by atoms with Crippen molar-refractivity contribution in [1.82, 2.24) is 10.2 Å². The number of hydrogen-bond donors (Lipinski definition) is 1. The number of nitrogens with one attached hydrogen (secondary N) is 1. The Labute approximate surface area is 148 Å². The molecule has 1 heterocycles. The maximum Gasteiger partial charge on any atom is 0.175 e. The van der Waals surface area contributed by atoms with Gasteiger partial charge < -0.3 is 14.8 Å². The van der Waals surface area contributed by atoms with E-state index < -0.39 is 0 Å². The summed E-state index contributed by atoms with van der Waals surface area (Å²) >= 11 is 3.57. The number of methoxy groups -OCH3 is 1. The van der Waals surface area contributed by atoms with Crippen LogP contribution in [-0.2, 0) is 6.54 Å². The Kier molecular flexibility index (Phi) is 7.40. The molecule has 23 heavy (non-hydrogen) atoms. The Bertz CT molecular complexity index is 522. The van der Waals surface area contributed by atoms with Gasteiger partial charge in [-0.1, -0.05) is 19.6 Å². The molecule has 1 aliphatic rings. The van der Waals surface area contributed by atoms with Crippen LogP contribution in [0.5, 0.6) is 11.5 Å². The van der Waals surface area contributed by atoms with Gasteiger partial charge in [-0.05, 0) is 59.6 Å². The van der Waals surface area contributed by atoms with Crippen LogP contribution in [0.2, 0.25) is 0 Å². The third-order valence-corrected chi connectivity index (χ3v) is 4.84. The predicted molar refractivity (Wildman–Crippen MR) is 98.4 cm³/mol. The average molecular weight is 383 g/mol. The van der Waals surface area contributed by atoms with E-state index in [0.29, 0.717) is 12.6 Å². The van der Waals surface area contributed by atoms with Crippen LogP contribution in [0.3, 0.4) is 0 Å². The maximum atomic E-state index is 5.66. The number of ether oxygens (including phenoxy) is 2. The van der Waals surface area contributed by atoms with Gasteiger partial charge in [0.05, 0.1) is 11.6 Å². The molecule has 4 nitrogen and oxygen atoms in total. The highest BCUT2D eigenvalue weighted by atomic mass is 79.9. The smallest absolute Gasteiger partial charge is 0.175 e. The summed E-state index contributed by atoms with van der Waals surface area (Å²) in [5.41, 5.74) is 1.18. The average Bonchev–Trinajstić information content (AvgIpc) is 3.01. The Morgan fingerprint density at radius 1 is 1.48 bits per heavy atom. The molecule has 0 unspecified atom stereocenters. The minimum Gasteiger partial charge on any atom is -0.493 e. The number of rotatable bonds is 9. The summed E-state index contributed by atoms with van der Waals surface area (Å²) in [6, 6.07) is 4.78. The first-order chi connectivity index (χ1) is 11.2. The normalized spacial score (nSPS) is 18.1. The van der Waals surface area contributed by atoms with Crippen LogP contribution in [0, 0.1) is 0 Å². The highest BCUT2D eigenvalue weighted by molar-refractivity contribution is 9.10. The zero-order valence-electron chi connectivity index (χ0n) is 14.1. The Balaban J connectivity index is 1.94. The first-order valence-electron chi connectivity index (χ1n) is 8.24. The number of likely N-dealkylation sites (N-methyl/N-ethyl adjacent to an activating group) is 1. The van der Waals surface area contributed by atoms with E-state index in [1.54, 1.807) is 13.2 Å². The lowest BCUT2D eigenvalue weighted by molar-refractivity contribution is 0.260. The monoisotopic (exact) mass is 382 g/mol. The number of benzene rings is 1. The van der Waals surface area contributed by atoms with Crippen molar-refractivity contribution in [3.05, 3.63) is 34.8 Å². The van der Waals surface area contributed by atoms with E-state index >= 15 is 0 Å². The SMILES string of the molecule is C=CCOc1c(Br)cc(CNC[C@@H]2CCCN2CC)cc1OC. The van der Waals surface area contributed by atoms with Gasteiger partial charge in [0, 0.05) is 19.1 Å². The molecule has 1 aromatic rings. The molecule has 0 bridgehead atoms. The van der Waals surface area contributed by atoms with Crippen molar-refractivity contribution in [1.29, 1.82) is 0 Å². The largest absolute Gasteiger partial charge is 0.493 e. The first kappa shape index (κ1) is 18.3. The van der Waals surface area contributed by atoms with E-state index in [-0.39, 0.29) is 0 Å². The molecule has 1 N–H and O–H groups in total. The second-order valence-electron chi connectivity index (χ2n) is 5.76. The van der Waals surface area contributed by atoms with E-state index in [1.807, 2.05) is 6.07 Å². The standard InChI is InChI=1S/C18H27BrN2O2/c1-4-9-23-18-16(19)10-14(11-17(18)22-3)12-20-13-15-7-6-8-21(15)5-2/h4,10-11,15,20H,1,5-9,12-13H2,2-3H3/t15-/m0/s1. The minimum absolute atomic E-state index is 0.459. The summed E-state index contributed by atoms with van der Waals surface area (Å²) in [6.45, 7) is 10.6.